The van der Waals surface area contributed by atoms with Crippen molar-refractivity contribution in [3.8, 4) is 0 Å². The molecule has 7 heteroatoms. The zero-order chi connectivity index (χ0) is 18.4. The molecule has 0 radical (unpaired) electrons. The predicted molar refractivity (Wildman–Crippen MR) is 91.6 cm³/mol. The molecule has 0 unspecified atom stereocenters. The van der Waals surface area contributed by atoms with Gasteiger partial charge in [-0.1, -0.05) is 37.3 Å². The number of hydrogen-bond donors (Lipinski definition) is 4. The van der Waals surface area contributed by atoms with Crippen molar-refractivity contribution in [3.63, 3.8) is 0 Å². The summed E-state index contributed by atoms with van der Waals surface area (Å²) in [6.07, 6.45) is -1.55. The smallest absolute Gasteiger partial charge is 0.223 e. The Hall–Kier alpha value is -1.96. The van der Waals surface area contributed by atoms with Crippen LogP contribution in [0.25, 0.3) is 0 Å². The van der Waals surface area contributed by atoms with E-state index in [2.05, 4.69) is 5.32 Å². The zero-order valence-corrected chi connectivity index (χ0v) is 14.3. The van der Waals surface area contributed by atoms with Gasteiger partial charge in [0.15, 0.2) is 0 Å². The van der Waals surface area contributed by atoms with Gasteiger partial charge in [0, 0.05) is 19.4 Å². The predicted octanol–water partition coefficient (Wildman–Crippen LogP) is -0.561. The van der Waals surface area contributed by atoms with Crippen molar-refractivity contribution >= 4 is 11.8 Å². The molecule has 1 aliphatic rings. The molecule has 1 saturated heterocycles. The fourth-order valence-corrected chi connectivity index (χ4v) is 3.08. The van der Waals surface area contributed by atoms with E-state index in [0.717, 1.165) is 5.56 Å². The van der Waals surface area contributed by atoms with Crippen molar-refractivity contribution in [1.82, 2.24) is 10.2 Å². The van der Waals surface area contributed by atoms with Gasteiger partial charge in [-0.2, -0.15) is 0 Å². The number of likely N-dealkylation sites (tertiary alicyclic amines) is 1. The van der Waals surface area contributed by atoms with Crippen LogP contribution in [0.5, 0.6) is 0 Å². The number of carbonyl (C=O) groups is 2. The summed E-state index contributed by atoms with van der Waals surface area (Å²) < 4.78 is 0. The Balaban J connectivity index is 2.06. The maximum atomic E-state index is 12.6. The lowest BCUT2D eigenvalue weighted by Crippen LogP contribution is -2.67. The minimum absolute atomic E-state index is 0.0583. The Morgan fingerprint density at radius 2 is 1.88 bits per heavy atom. The summed E-state index contributed by atoms with van der Waals surface area (Å²) >= 11 is 0. The molecule has 2 rings (SSSR count). The van der Waals surface area contributed by atoms with Gasteiger partial charge in [0.25, 0.3) is 0 Å². The van der Waals surface area contributed by atoms with Crippen LogP contribution in [0, 0.1) is 0 Å². The fourth-order valence-electron chi connectivity index (χ4n) is 3.08. The maximum Gasteiger partial charge on any atom is 0.223 e. The van der Waals surface area contributed by atoms with Gasteiger partial charge in [-0.3, -0.25) is 9.59 Å². The molecule has 1 aromatic carbocycles. The first-order chi connectivity index (χ1) is 12.0. The SMILES string of the molecule is CCC(=O)N[C@H]1CN(C(=O)CCc2ccccc2)[C@H](CO)[C@@H](O)[C@@H]1O. The number of hydrogen-bond acceptors (Lipinski definition) is 5. The number of aliphatic hydroxyl groups excluding tert-OH is 3. The van der Waals surface area contributed by atoms with Gasteiger partial charge in [-0.05, 0) is 12.0 Å². The third kappa shape index (κ3) is 4.78. The molecular formula is C18H26N2O5. The Morgan fingerprint density at radius 1 is 1.20 bits per heavy atom. The second-order valence-electron chi connectivity index (χ2n) is 6.29. The molecule has 1 aliphatic heterocycles. The van der Waals surface area contributed by atoms with Crippen molar-refractivity contribution in [2.24, 2.45) is 0 Å². The molecule has 0 saturated carbocycles. The van der Waals surface area contributed by atoms with E-state index >= 15 is 0 Å². The number of piperidine rings is 1. The average Bonchev–Trinajstić information content (AvgIpc) is 2.64. The van der Waals surface area contributed by atoms with Crippen molar-refractivity contribution in [1.29, 1.82) is 0 Å². The maximum absolute atomic E-state index is 12.6. The monoisotopic (exact) mass is 350 g/mol. The summed E-state index contributed by atoms with van der Waals surface area (Å²) in [5.41, 5.74) is 1.02. The average molecular weight is 350 g/mol. The van der Waals surface area contributed by atoms with Crippen LogP contribution in [-0.2, 0) is 16.0 Å². The van der Waals surface area contributed by atoms with Crippen LogP contribution in [0.4, 0.5) is 0 Å². The highest BCUT2D eigenvalue weighted by atomic mass is 16.3. The first-order valence-electron chi connectivity index (χ1n) is 8.57. The number of amides is 2. The van der Waals surface area contributed by atoms with Crippen molar-refractivity contribution in [2.75, 3.05) is 13.2 Å². The Bertz CT molecular complexity index is 580. The van der Waals surface area contributed by atoms with Crippen LogP contribution < -0.4 is 5.32 Å². The Labute approximate surface area is 147 Å². The molecule has 25 heavy (non-hydrogen) atoms. The Morgan fingerprint density at radius 3 is 2.48 bits per heavy atom. The van der Waals surface area contributed by atoms with Crippen LogP contribution in [0.15, 0.2) is 30.3 Å². The number of benzene rings is 1. The molecule has 1 fully saturated rings. The lowest BCUT2D eigenvalue weighted by Gasteiger charge is -2.45. The van der Waals surface area contributed by atoms with Gasteiger partial charge >= 0.3 is 0 Å². The zero-order valence-electron chi connectivity index (χ0n) is 14.3. The lowest BCUT2D eigenvalue weighted by molar-refractivity contribution is -0.153. The van der Waals surface area contributed by atoms with Crippen LogP contribution in [0.3, 0.4) is 0 Å². The second kappa shape index (κ2) is 8.94. The summed E-state index contributed by atoms with van der Waals surface area (Å²) in [6.45, 7) is 1.28. The third-order valence-electron chi connectivity index (χ3n) is 4.60. The van der Waals surface area contributed by atoms with Crippen LogP contribution in [0.1, 0.15) is 25.3 Å². The van der Waals surface area contributed by atoms with Crippen molar-refractivity contribution < 1.29 is 24.9 Å². The van der Waals surface area contributed by atoms with E-state index in [4.69, 9.17) is 0 Å². The first-order valence-corrected chi connectivity index (χ1v) is 8.57. The Kier molecular flexibility index (Phi) is 6.92. The summed E-state index contributed by atoms with van der Waals surface area (Å²) in [6, 6.07) is 7.91. The molecule has 0 spiro atoms. The van der Waals surface area contributed by atoms with E-state index in [-0.39, 0.29) is 31.2 Å². The number of nitrogens with zero attached hydrogens (tertiary/aromatic N) is 1. The molecule has 0 aromatic heterocycles. The number of aryl methyl sites for hydroxylation is 1. The highest BCUT2D eigenvalue weighted by Crippen LogP contribution is 2.20. The largest absolute Gasteiger partial charge is 0.394 e. The molecule has 4 atom stereocenters. The van der Waals surface area contributed by atoms with Gasteiger partial charge < -0.3 is 25.5 Å². The molecule has 138 valence electrons. The topological polar surface area (TPSA) is 110 Å². The molecule has 2 amide bonds. The van der Waals surface area contributed by atoms with E-state index < -0.39 is 30.9 Å². The van der Waals surface area contributed by atoms with E-state index in [1.54, 1.807) is 6.92 Å². The van der Waals surface area contributed by atoms with Gasteiger partial charge in [0.1, 0.15) is 12.2 Å². The molecule has 0 aliphatic carbocycles. The minimum Gasteiger partial charge on any atom is -0.394 e. The van der Waals surface area contributed by atoms with Gasteiger partial charge in [0.2, 0.25) is 11.8 Å². The molecular weight excluding hydrogens is 324 g/mol. The molecule has 1 aromatic rings. The molecule has 7 nitrogen and oxygen atoms in total. The number of carbonyl (C=O) groups excluding carboxylic acids is 2. The number of aliphatic hydroxyl groups is 3. The number of rotatable bonds is 6. The van der Waals surface area contributed by atoms with Gasteiger partial charge in [-0.15, -0.1) is 0 Å². The van der Waals surface area contributed by atoms with E-state index in [1.165, 1.54) is 4.90 Å². The van der Waals surface area contributed by atoms with E-state index in [1.807, 2.05) is 30.3 Å². The summed E-state index contributed by atoms with van der Waals surface area (Å²) in [5, 5.41) is 32.6. The van der Waals surface area contributed by atoms with Crippen LogP contribution in [0.2, 0.25) is 0 Å². The van der Waals surface area contributed by atoms with Crippen LogP contribution in [-0.4, -0.2) is 69.5 Å². The van der Waals surface area contributed by atoms with Crippen LogP contribution >= 0.6 is 0 Å². The van der Waals surface area contributed by atoms with E-state index in [0.29, 0.717) is 6.42 Å². The lowest BCUT2D eigenvalue weighted by atomic mass is 9.91. The van der Waals surface area contributed by atoms with Gasteiger partial charge in [0.05, 0.1) is 18.7 Å². The quantitative estimate of drug-likeness (QED) is 0.550. The molecule has 1 heterocycles. The summed E-state index contributed by atoms with van der Waals surface area (Å²) in [5.74, 6) is -0.500. The molecule has 4 N–H and O–H groups in total. The second-order valence-corrected chi connectivity index (χ2v) is 6.29. The minimum atomic E-state index is -1.32. The summed E-state index contributed by atoms with van der Waals surface area (Å²) in [4.78, 5) is 25.6. The van der Waals surface area contributed by atoms with E-state index in [9.17, 15) is 24.9 Å². The molecule has 0 bridgehead atoms. The van der Waals surface area contributed by atoms with Crippen molar-refractivity contribution in [3.05, 3.63) is 35.9 Å². The van der Waals surface area contributed by atoms with Gasteiger partial charge in [-0.25, -0.2) is 0 Å². The normalized spacial score (nSPS) is 26.3. The summed E-state index contributed by atoms with van der Waals surface area (Å²) in [7, 11) is 0. The standard InChI is InChI=1S/C18H26N2O5/c1-2-15(22)19-13-10-20(14(11-21)18(25)17(13)24)16(23)9-8-12-6-4-3-5-7-12/h3-7,13-14,17-18,21,24-25H,2,8-11H2,1H3,(H,19,22)/t13-,14+,17+,18+/m0/s1. The number of nitrogens with one attached hydrogen (secondary N) is 1. The highest BCUT2D eigenvalue weighted by molar-refractivity contribution is 5.78. The van der Waals surface area contributed by atoms with Crippen molar-refractivity contribution in [2.45, 2.75) is 50.5 Å². The highest BCUT2D eigenvalue weighted by Gasteiger charge is 2.43. The third-order valence-corrected chi connectivity index (χ3v) is 4.60. The first kappa shape index (κ1) is 19.4. The fraction of sp³-hybridized carbons (Fsp3) is 0.556.